The predicted molar refractivity (Wildman–Crippen MR) is 129 cm³/mol. The zero-order valence-corrected chi connectivity index (χ0v) is 21.3. The fourth-order valence-corrected chi connectivity index (χ4v) is 5.45. The van der Waals surface area contributed by atoms with Gasteiger partial charge in [0.25, 0.3) is 0 Å². The summed E-state index contributed by atoms with van der Waals surface area (Å²) in [7, 11) is -3.39. The highest BCUT2D eigenvalue weighted by Crippen LogP contribution is 2.42. The Hall–Kier alpha value is -2.68. The summed E-state index contributed by atoms with van der Waals surface area (Å²) in [5.41, 5.74) is 0.455. The van der Waals surface area contributed by atoms with Gasteiger partial charge in [-0.2, -0.15) is 0 Å². The predicted octanol–water partition coefficient (Wildman–Crippen LogP) is 5.27. The van der Waals surface area contributed by atoms with Crippen molar-refractivity contribution in [3.8, 4) is 16.9 Å². The molecular formula is C26H31F2NO5S. The lowest BCUT2D eigenvalue weighted by atomic mass is 9.82. The van der Waals surface area contributed by atoms with Crippen LogP contribution in [0.25, 0.3) is 11.1 Å². The molecule has 0 atom stereocenters. The number of aryl methyl sites for hydroxylation is 1. The molecule has 0 aromatic heterocycles. The molecule has 2 aliphatic rings. The molecule has 1 spiro atoms. The first-order chi connectivity index (χ1) is 16.2. The Morgan fingerprint density at radius 3 is 2.37 bits per heavy atom. The standard InChI is InChI=1S/C26H31F2NO5S/c1-25(2,3)34-24(30)29-11-9-26(10-12-29)8-7-18-13-20(22(28)15-23(18)33-26)17-5-6-19(21(27)14-17)16-35(4,31)32/h5-6,13-15H,7-12,16H2,1-4H3. The van der Waals surface area contributed by atoms with E-state index in [0.29, 0.717) is 43.7 Å². The minimum atomic E-state index is -3.39. The smallest absolute Gasteiger partial charge is 0.410 e. The van der Waals surface area contributed by atoms with E-state index in [1.54, 1.807) is 11.0 Å². The van der Waals surface area contributed by atoms with Crippen molar-refractivity contribution in [2.75, 3.05) is 19.3 Å². The molecular weight excluding hydrogens is 476 g/mol. The fourth-order valence-electron chi connectivity index (χ4n) is 4.65. The van der Waals surface area contributed by atoms with Gasteiger partial charge in [-0.3, -0.25) is 0 Å². The summed E-state index contributed by atoms with van der Waals surface area (Å²) in [5.74, 6) is -1.16. The zero-order chi connectivity index (χ0) is 25.6. The van der Waals surface area contributed by atoms with Gasteiger partial charge in [0.15, 0.2) is 9.84 Å². The summed E-state index contributed by atoms with van der Waals surface area (Å²) >= 11 is 0. The number of rotatable bonds is 3. The lowest BCUT2D eigenvalue weighted by molar-refractivity contribution is -0.0273. The van der Waals surface area contributed by atoms with Crippen LogP contribution in [0.3, 0.4) is 0 Å². The number of fused-ring (bicyclic) bond motifs is 1. The molecule has 6 nitrogen and oxygen atoms in total. The summed E-state index contributed by atoms with van der Waals surface area (Å²) in [6, 6.07) is 7.11. The topological polar surface area (TPSA) is 72.9 Å². The normalized spacial score (nSPS) is 17.6. The van der Waals surface area contributed by atoms with Crippen LogP contribution < -0.4 is 4.74 Å². The van der Waals surface area contributed by atoms with Crippen LogP contribution in [0.1, 0.15) is 51.2 Å². The number of hydrogen-bond acceptors (Lipinski definition) is 5. The molecule has 0 N–H and O–H groups in total. The summed E-state index contributed by atoms with van der Waals surface area (Å²) < 4.78 is 64.3. The zero-order valence-electron chi connectivity index (χ0n) is 20.5. The van der Waals surface area contributed by atoms with Crippen LogP contribution in [0.5, 0.6) is 5.75 Å². The first kappa shape index (κ1) is 25.4. The third kappa shape index (κ3) is 5.94. The van der Waals surface area contributed by atoms with E-state index >= 15 is 4.39 Å². The number of carbonyl (C=O) groups excluding carboxylic acids is 1. The second-order valence-corrected chi connectivity index (χ2v) is 12.7. The summed E-state index contributed by atoms with van der Waals surface area (Å²) in [6.07, 6.45) is 3.36. The maximum Gasteiger partial charge on any atom is 0.410 e. The maximum atomic E-state index is 15.1. The number of ether oxygens (including phenoxy) is 2. The number of hydrogen-bond donors (Lipinski definition) is 0. The highest BCUT2D eigenvalue weighted by atomic mass is 32.2. The van der Waals surface area contributed by atoms with Gasteiger partial charge in [0.2, 0.25) is 0 Å². The number of carbonyl (C=O) groups is 1. The summed E-state index contributed by atoms with van der Waals surface area (Å²) in [6.45, 7) is 6.50. The molecule has 2 aromatic carbocycles. The van der Waals surface area contributed by atoms with Crippen molar-refractivity contribution in [1.29, 1.82) is 0 Å². The Bertz CT molecular complexity index is 1250. The highest BCUT2D eigenvalue weighted by molar-refractivity contribution is 7.89. The van der Waals surface area contributed by atoms with Crippen molar-refractivity contribution < 1.29 is 31.5 Å². The fraction of sp³-hybridized carbons (Fsp3) is 0.500. The van der Waals surface area contributed by atoms with Crippen LogP contribution in [-0.2, 0) is 26.7 Å². The highest BCUT2D eigenvalue weighted by Gasteiger charge is 2.41. The van der Waals surface area contributed by atoms with Gasteiger partial charge in [0.1, 0.15) is 28.6 Å². The number of amides is 1. The van der Waals surface area contributed by atoms with Crippen LogP contribution in [0.15, 0.2) is 30.3 Å². The van der Waals surface area contributed by atoms with Gasteiger partial charge < -0.3 is 14.4 Å². The van der Waals surface area contributed by atoms with E-state index < -0.39 is 38.4 Å². The SMILES string of the molecule is CC(C)(C)OC(=O)N1CCC2(CCc3cc(-c4ccc(CS(C)(=O)=O)c(F)c4)c(F)cc3O2)CC1. The first-order valence-electron chi connectivity index (χ1n) is 11.7. The number of nitrogens with zero attached hydrogens (tertiary/aromatic N) is 1. The van der Waals surface area contributed by atoms with Crippen molar-refractivity contribution in [1.82, 2.24) is 4.90 Å². The third-order valence-electron chi connectivity index (χ3n) is 6.43. The average molecular weight is 508 g/mol. The van der Waals surface area contributed by atoms with Crippen molar-refractivity contribution in [2.45, 2.75) is 63.4 Å². The van der Waals surface area contributed by atoms with Crippen LogP contribution >= 0.6 is 0 Å². The van der Waals surface area contributed by atoms with Gasteiger partial charge in [-0.15, -0.1) is 0 Å². The Balaban J connectivity index is 1.49. The van der Waals surface area contributed by atoms with Gasteiger partial charge >= 0.3 is 6.09 Å². The van der Waals surface area contributed by atoms with E-state index in [-0.39, 0.29) is 17.2 Å². The van der Waals surface area contributed by atoms with Gasteiger partial charge in [0, 0.05) is 49.4 Å². The summed E-state index contributed by atoms with van der Waals surface area (Å²) in [5, 5.41) is 0. The van der Waals surface area contributed by atoms with Crippen LogP contribution in [0, 0.1) is 11.6 Å². The molecule has 1 amide bonds. The lowest BCUT2D eigenvalue weighted by Gasteiger charge is -2.44. The second kappa shape index (κ2) is 9.08. The molecule has 0 bridgehead atoms. The van der Waals surface area contributed by atoms with Crippen molar-refractivity contribution in [3.05, 3.63) is 53.1 Å². The van der Waals surface area contributed by atoms with E-state index in [1.165, 1.54) is 24.3 Å². The van der Waals surface area contributed by atoms with E-state index in [4.69, 9.17) is 9.47 Å². The van der Waals surface area contributed by atoms with Crippen molar-refractivity contribution >= 4 is 15.9 Å². The molecule has 35 heavy (non-hydrogen) atoms. The molecule has 4 rings (SSSR count). The third-order valence-corrected chi connectivity index (χ3v) is 7.27. The molecule has 0 aliphatic carbocycles. The maximum absolute atomic E-state index is 15.1. The van der Waals surface area contributed by atoms with Crippen LogP contribution in [0.4, 0.5) is 13.6 Å². The largest absolute Gasteiger partial charge is 0.487 e. The average Bonchev–Trinajstić information content (AvgIpc) is 2.73. The molecule has 1 saturated heterocycles. The second-order valence-electron chi connectivity index (χ2n) is 10.6. The molecule has 0 unspecified atom stereocenters. The number of halogens is 2. The molecule has 2 aliphatic heterocycles. The van der Waals surface area contributed by atoms with Gasteiger partial charge in [0.05, 0.1) is 5.75 Å². The molecule has 1 fully saturated rings. The quantitative estimate of drug-likeness (QED) is 0.566. The number of benzene rings is 2. The van der Waals surface area contributed by atoms with Gasteiger partial charge in [-0.05, 0) is 56.9 Å². The molecule has 190 valence electrons. The Kier molecular flexibility index (Phi) is 6.59. The molecule has 0 radical (unpaired) electrons. The molecule has 2 heterocycles. The Morgan fingerprint density at radius 1 is 1.09 bits per heavy atom. The number of sulfone groups is 1. The van der Waals surface area contributed by atoms with Crippen molar-refractivity contribution in [3.63, 3.8) is 0 Å². The monoisotopic (exact) mass is 507 g/mol. The minimum Gasteiger partial charge on any atom is -0.487 e. The van der Waals surface area contributed by atoms with E-state index in [2.05, 4.69) is 0 Å². The lowest BCUT2D eigenvalue weighted by Crippen LogP contribution is -2.52. The molecule has 9 heteroatoms. The van der Waals surface area contributed by atoms with Crippen LogP contribution in [0.2, 0.25) is 0 Å². The summed E-state index contributed by atoms with van der Waals surface area (Å²) in [4.78, 5) is 14.1. The number of likely N-dealkylation sites (tertiary alicyclic amines) is 1. The van der Waals surface area contributed by atoms with E-state index in [1.807, 2.05) is 20.8 Å². The van der Waals surface area contributed by atoms with E-state index in [0.717, 1.165) is 18.2 Å². The van der Waals surface area contributed by atoms with Crippen LogP contribution in [-0.4, -0.2) is 50.0 Å². The number of piperidine rings is 1. The van der Waals surface area contributed by atoms with Gasteiger partial charge in [-0.1, -0.05) is 12.1 Å². The molecule has 2 aromatic rings. The minimum absolute atomic E-state index is 0.0533. The Morgan fingerprint density at radius 2 is 1.77 bits per heavy atom. The van der Waals surface area contributed by atoms with Crippen molar-refractivity contribution in [2.24, 2.45) is 0 Å². The van der Waals surface area contributed by atoms with Gasteiger partial charge in [-0.25, -0.2) is 22.0 Å². The Labute approximate surface area is 205 Å². The van der Waals surface area contributed by atoms with E-state index in [9.17, 15) is 17.6 Å². The molecule has 0 saturated carbocycles. The first-order valence-corrected chi connectivity index (χ1v) is 13.8.